The Balaban J connectivity index is 2.19. The van der Waals surface area contributed by atoms with Crippen LogP contribution in [0.25, 0.3) is 0 Å². The lowest BCUT2D eigenvalue weighted by Crippen LogP contribution is -2.02. The molecule has 0 bridgehead atoms. The molecule has 0 saturated carbocycles. The molecular formula is C12H12BrClN2O. The number of nitrogens with zero attached hydrogens (tertiary/aromatic N) is 2. The van der Waals surface area contributed by atoms with Crippen LogP contribution >= 0.6 is 27.5 Å². The standard InChI is InChI=1S/C12H12BrClN2O/c13-11-3-1-2-9(6-11)8-16-12(14)10(4-5-17)7-15-16/h1-3,6-7,17H,4-5,8H2. The number of aliphatic hydroxyl groups is 1. The van der Waals surface area contributed by atoms with Gasteiger partial charge in [-0.1, -0.05) is 39.7 Å². The van der Waals surface area contributed by atoms with Crippen molar-refractivity contribution in [3.8, 4) is 0 Å². The second-order valence-corrected chi connectivity index (χ2v) is 5.00. The van der Waals surface area contributed by atoms with Gasteiger partial charge in [-0.15, -0.1) is 0 Å². The molecule has 90 valence electrons. The Morgan fingerprint density at radius 1 is 1.41 bits per heavy atom. The maximum atomic E-state index is 8.88. The summed E-state index contributed by atoms with van der Waals surface area (Å²) in [5.74, 6) is 0. The molecule has 0 spiro atoms. The summed E-state index contributed by atoms with van der Waals surface area (Å²) in [6.45, 7) is 0.714. The van der Waals surface area contributed by atoms with Crippen molar-refractivity contribution in [3.63, 3.8) is 0 Å². The van der Waals surface area contributed by atoms with Crippen LogP contribution in [-0.2, 0) is 13.0 Å². The van der Waals surface area contributed by atoms with Crippen LogP contribution in [-0.4, -0.2) is 21.5 Å². The van der Waals surface area contributed by atoms with E-state index in [-0.39, 0.29) is 6.61 Å². The van der Waals surface area contributed by atoms with E-state index < -0.39 is 0 Å². The van der Waals surface area contributed by atoms with E-state index in [9.17, 15) is 0 Å². The third-order valence-electron chi connectivity index (χ3n) is 2.45. The quantitative estimate of drug-likeness (QED) is 0.942. The molecule has 2 rings (SSSR count). The van der Waals surface area contributed by atoms with Crippen LogP contribution < -0.4 is 0 Å². The Labute approximate surface area is 113 Å². The van der Waals surface area contributed by atoms with E-state index >= 15 is 0 Å². The topological polar surface area (TPSA) is 38.1 Å². The number of hydrogen-bond donors (Lipinski definition) is 1. The van der Waals surface area contributed by atoms with Crippen molar-refractivity contribution >= 4 is 27.5 Å². The van der Waals surface area contributed by atoms with Crippen LogP contribution in [0.2, 0.25) is 5.15 Å². The smallest absolute Gasteiger partial charge is 0.130 e. The normalized spacial score (nSPS) is 10.8. The highest BCUT2D eigenvalue weighted by atomic mass is 79.9. The van der Waals surface area contributed by atoms with Gasteiger partial charge < -0.3 is 5.11 Å². The van der Waals surface area contributed by atoms with Gasteiger partial charge in [0, 0.05) is 23.1 Å². The molecule has 0 saturated heterocycles. The van der Waals surface area contributed by atoms with Crippen molar-refractivity contribution in [3.05, 3.63) is 51.2 Å². The van der Waals surface area contributed by atoms with Gasteiger partial charge in [-0.05, 0) is 17.7 Å². The molecule has 0 aliphatic rings. The first-order valence-corrected chi connectivity index (χ1v) is 6.43. The molecule has 0 unspecified atom stereocenters. The van der Waals surface area contributed by atoms with Gasteiger partial charge in [0.25, 0.3) is 0 Å². The molecule has 3 nitrogen and oxygen atoms in total. The average Bonchev–Trinajstić information content (AvgIpc) is 2.62. The van der Waals surface area contributed by atoms with Crippen LogP contribution in [0.5, 0.6) is 0 Å². The fourth-order valence-corrected chi connectivity index (χ4v) is 2.31. The summed E-state index contributed by atoms with van der Waals surface area (Å²) in [4.78, 5) is 0. The van der Waals surface area contributed by atoms with E-state index in [0.29, 0.717) is 18.1 Å². The third kappa shape index (κ3) is 3.09. The molecule has 5 heteroatoms. The highest BCUT2D eigenvalue weighted by molar-refractivity contribution is 9.10. The van der Waals surface area contributed by atoms with Crippen LogP contribution in [0.15, 0.2) is 34.9 Å². The summed E-state index contributed by atoms with van der Waals surface area (Å²) in [7, 11) is 0. The predicted octanol–water partition coefficient (Wildman–Crippen LogP) is 2.88. The zero-order chi connectivity index (χ0) is 12.3. The summed E-state index contributed by atoms with van der Waals surface area (Å²) < 4.78 is 2.77. The molecule has 0 radical (unpaired) electrons. The number of rotatable bonds is 4. The van der Waals surface area contributed by atoms with Gasteiger partial charge in [0.1, 0.15) is 5.15 Å². The second kappa shape index (κ2) is 5.67. The van der Waals surface area contributed by atoms with Crippen molar-refractivity contribution in [1.29, 1.82) is 0 Å². The van der Waals surface area contributed by atoms with Crippen molar-refractivity contribution in [1.82, 2.24) is 9.78 Å². The van der Waals surface area contributed by atoms with Crippen LogP contribution in [0.1, 0.15) is 11.1 Å². The number of aliphatic hydroxyl groups excluding tert-OH is 1. The lowest BCUT2D eigenvalue weighted by molar-refractivity contribution is 0.299. The minimum atomic E-state index is 0.0856. The van der Waals surface area contributed by atoms with Crippen LogP contribution in [0.4, 0.5) is 0 Å². The van der Waals surface area contributed by atoms with Gasteiger partial charge in [-0.25, -0.2) is 4.68 Å². The maximum Gasteiger partial charge on any atom is 0.130 e. The highest BCUT2D eigenvalue weighted by Gasteiger charge is 2.08. The summed E-state index contributed by atoms with van der Waals surface area (Å²) in [6.07, 6.45) is 2.24. The number of aromatic nitrogens is 2. The lowest BCUT2D eigenvalue weighted by atomic mass is 10.2. The minimum Gasteiger partial charge on any atom is -0.396 e. The molecule has 1 aromatic heterocycles. The van der Waals surface area contributed by atoms with Gasteiger partial charge in [0.2, 0.25) is 0 Å². The SMILES string of the molecule is OCCc1cnn(Cc2cccc(Br)c2)c1Cl. The lowest BCUT2D eigenvalue weighted by Gasteiger charge is -2.04. The summed E-state index contributed by atoms with van der Waals surface area (Å²) in [5.41, 5.74) is 2.00. The van der Waals surface area contributed by atoms with Gasteiger partial charge in [0.05, 0.1) is 12.7 Å². The van der Waals surface area contributed by atoms with Crippen molar-refractivity contribution in [2.45, 2.75) is 13.0 Å². The first-order valence-electron chi connectivity index (χ1n) is 5.26. The van der Waals surface area contributed by atoms with Gasteiger partial charge in [-0.3, -0.25) is 0 Å². The van der Waals surface area contributed by atoms with Gasteiger partial charge >= 0.3 is 0 Å². The first-order chi connectivity index (χ1) is 8.20. The van der Waals surface area contributed by atoms with E-state index in [4.69, 9.17) is 16.7 Å². The zero-order valence-corrected chi connectivity index (χ0v) is 11.4. The van der Waals surface area contributed by atoms with E-state index in [1.54, 1.807) is 10.9 Å². The van der Waals surface area contributed by atoms with E-state index in [2.05, 4.69) is 21.0 Å². The molecule has 1 N–H and O–H groups in total. The first kappa shape index (κ1) is 12.6. The molecule has 17 heavy (non-hydrogen) atoms. The summed E-state index contributed by atoms with van der Waals surface area (Å²) >= 11 is 9.60. The average molecular weight is 316 g/mol. The molecule has 0 fully saturated rings. The summed E-state index contributed by atoms with van der Waals surface area (Å²) in [6, 6.07) is 8.01. The number of benzene rings is 1. The third-order valence-corrected chi connectivity index (χ3v) is 3.38. The molecule has 2 aromatic rings. The highest BCUT2D eigenvalue weighted by Crippen LogP contribution is 2.18. The Morgan fingerprint density at radius 2 is 2.24 bits per heavy atom. The predicted molar refractivity (Wildman–Crippen MR) is 71.3 cm³/mol. The largest absolute Gasteiger partial charge is 0.396 e. The monoisotopic (exact) mass is 314 g/mol. The number of hydrogen-bond acceptors (Lipinski definition) is 2. The van der Waals surface area contributed by atoms with Crippen molar-refractivity contribution in [2.24, 2.45) is 0 Å². The Kier molecular flexibility index (Phi) is 4.20. The molecule has 0 aliphatic carbocycles. The van der Waals surface area contributed by atoms with Crippen molar-refractivity contribution < 1.29 is 5.11 Å². The van der Waals surface area contributed by atoms with Crippen LogP contribution in [0, 0.1) is 0 Å². The van der Waals surface area contributed by atoms with E-state index in [1.807, 2.05) is 24.3 Å². The zero-order valence-electron chi connectivity index (χ0n) is 9.11. The molecular weight excluding hydrogens is 304 g/mol. The molecule has 0 atom stereocenters. The fourth-order valence-electron chi connectivity index (χ4n) is 1.62. The number of halogens is 2. The molecule has 1 aromatic carbocycles. The van der Waals surface area contributed by atoms with E-state index in [0.717, 1.165) is 15.6 Å². The molecule has 0 amide bonds. The molecule has 0 aliphatic heterocycles. The van der Waals surface area contributed by atoms with E-state index in [1.165, 1.54) is 0 Å². The van der Waals surface area contributed by atoms with Gasteiger partial charge in [-0.2, -0.15) is 5.10 Å². The molecule has 1 heterocycles. The fraction of sp³-hybridized carbons (Fsp3) is 0.250. The second-order valence-electron chi connectivity index (χ2n) is 3.72. The van der Waals surface area contributed by atoms with Crippen molar-refractivity contribution in [2.75, 3.05) is 6.61 Å². The minimum absolute atomic E-state index is 0.0856. The summed E-state index contributed by atoms with van der Waals surface area (Å²) in [5, 5.41) is 13.7. The van der Waals surface area contributed by atoms with Gasteiger partial charge in [0.15, 0.2) is 0 Å². The van der Waals surface area contributed by atoms with Crippen LogP contribution in [0.3, 0.4) is 0 Å². The maximum absolute atomic E-state index is 8.88. The Hall–Kier alpha value is -0.840. The Morgan fingerprint density at radius 3 is 2.94 bits per heavy atom. The Bertz CT molecular complexity index is 513.